The number of amides is 2. The van der Waals surface area contributed by atoms with Gasteiger partial charge >= 0.3 is 11.5 Å². The van der Waals surface area contributed by atoms with E-state index < -0.39 is 5.37 Å². The summed E-state index contributed by atoms with van der Waals surface area (Å²) in [5.41, 5.74) is 0. The maximum atomic E-state index is 11.7. The first kappa shape index (κ1) is 14.1. The van der Waals surface area contributed by atoms with Gasteiger partial charge in [-0.25, -0.2) is 4.79 Å². The molecule has 0 spiro atoms. The Bertz CT molecular complexity index is 286. The van der Waals surface area contributed by atoms with E-state index in [2.05, 4.69) is 0 Å². The zero-order chi connectivity index (χ0) is 12.8. The van der Waals surface area contributed by atoms with Gasteiger partial charge < -0.3 is 14.5 Å². The van der Waals surface area contributed by atoms with Crippen LogP contribution in [0.1, 0.15) is 26.7 Å². The lowest BCUT2D eigenvalue weighted by atomic mass is 10.2. The second-order valence-corrected chi connectivity index (χ2v) is 4.53. The van der Waals surface area contributed by atoms with Crippen molar-refractivity contribution in [1.29, 1.82) is 0 Å². The van der Waals surface area contributed by atoms with Gasteiger partial charge in [-0.1, -0.05) is 13.3 Å². The molecule has 0 bridgehead atoms. The minimum Gasteiger partial charge on any atom is -0.449 e. The molecule has 0 aliphatic carbocycles. The maximum absolute atomic E-state index is 11.7. The molecule has 1 unspecified atom stereocenters. The number of nitrogens with zero attached hydrogens (tertiary/aromatic N) is 2. The molecule has 0 radical (unpaired) electrons. The molecule has 98 valence electrons. The highest BCUT2D eigenvalue weighted by Crippen LogP contribution is 2.12. The van der Waals surface area contributed by atoms with E-state index in [0.29, 0.717) is 26.2 Å². The first-order chi connectivity index (χ1) is 8.06. The number of piperazine rings is 1. The molecule has 5 nitrogen and oxygen atoms in total. The average Bonchev–Trinajstić information content (AvgIpc) is 2.28. The van der Waals surface area contributed by atoms with E-state index in [0.717, 1.165) is 12.8 Å². The van der Waals surface area contributed by atoms with Crippen LogP contribution in [0.15, 0.2) is 0 Å². The van der Waals surface area contributed by atoms with Crippen LogP contribution in [0.2, 0.25) is 0 Å². The fourth-order valence-corrected chi connectivity index (χ4v) is 1.93. The van der Waals surface area contributed by atoms with Crippen LogP contribution in [0.3, 0.4) is 0 Å². The molecule has 1 rings (SSSR count). The minimum absolute atomic E-state index is 0.0550. The lowest BCUT2D eigenvalue weighted by Gasteiger charge is -2.38. The van der Waals surface area contributed by atoms with E-state index in [1.807, 2.05) is 13.8 Å². The summed E-state index contributed by atoms with van der Waals surface area (Å²) in [6.07, 6.45) is 1.57. The van der Waals surface area contributed by atoms with Crippen molar-refractivity contribution in [3.05, 3.63) is 0 Å². The zero-order valence-corrected chi connectivity index (χ0v) is 11.1. The van der Waals surface area contributed by atoms with Crippen molar-refractivity contribution < 1.29 is 14.3 Å². The van der Waals surface area contributed by atoms with Gasteiger partial charge in [0.05, 0.1) is 6.61 Å². The minimum atomic E-state index is -0.462. The topological polar surface area (TPSA) is 49.9 Å². The largest absolute Gasteiger partial charge is 0.449 e. The third-order valence-corrected chi connectivity index (χ3v) is 3.07. The van der Waals surface area contributed by atoms with Crippen molar-refractivity contribution in [3.8, 4) is 0 Å². The molecule has 1 aliphatic heterocycles. The fourth-order valence-electron chi connectivity index (χ4n) is 1.78. The van der Waals surface area contributed by atoms with Crippen molar-refractivity contribution in [2.75, 3.05) is 26.2 Å². The molecule has 1 fully saturated rings. The molecular formula is C11H19ClN2O3. The molecule has 0 aromatic heterocycles. The Morgan fingerprint density at radius 2 is 2.12 bits per heavy atom. The van der Waals surface area contributed by atoms with Crippen LogP contribution in [0.4, 0.5) is 9.59 Å². The lowest BCUT2D eigenvalue weighted by molar-refractivity contribution is 0.0618. The van der Waals surface area contributed by atoms with Crippen molar-refractivity contribution in [2.45, 2.75) is 32.7 Å². The molecule has 1 atom stereocenters. The van der Waals surface area contributed by atoms with Crippen LogP contribution < -0.4 is 0 Å². The molecule has 2 amide bonds. The Balaban J connectivity index is 2.40. The fraction of sp³-hybridized carbons (Fsp3) is 0.818. The molecular weight excluding hydrogens is 244 g/mol. The molecule has 0 aromatic carbocycles. The number of ether oxygens (including phenoxy) is 1. The first-order valence-corrected chi connectivity index (χ1v) is 6.31. The van der Waals surface area contributed by atoms with Gasteiger partial charge in [-0.2, -0.15) is 0 Å². The van der Waals surface area contributed by atoms with Crippen LogP contribution >= 0.6 is 11.6 Å². The number of hydrogen-bond donors (Lipinski definition) is 0. The van der Waals surface area contributed by atoms with E-state index in [1.54, 1.807) is 4.90 Å². The van der Waals surface area contributed by atoms with E-state index in [1.165, 1.54) is 4.90 Å². The second-order valence-electron chi connectivity index (χ2n) is 4.21. The predicted octanol–water partition coefficient (Wildman–Crippen LogP) is 2.29. The van der Waals surface area contributed by atoms with Crippen LogP contribution in [0.25, 0.3) is 0 Å². The molecule has 1 saturated heterocycles. The smallest absolute Gasteiger partial charge is 0.410 e. The van der Waals surface area contributed by atoms with Crippen molar-refractivity contribution >= 4 is 23.1 Å². The Morgan fingerprint density at radius 1 is 1.41 bits per heavy atom. The molecule has 1 aliphatic rings. The quantitative estimate of drug-likeness (QED) is 0.445. The molecule has 1 heterocycles. The predicted molar refractivity (Wildman–Crippen MR) is 65.2 cm³/mol. The van der Waals surface area contributed by atoms with E-state index in [-0.39, 0.29) is 12.1 Å². The van der Waals surface area contributed by atoms with Gasteiger partial charge in [0.1, 0.15) is 0 Å². The summed E-state index contributed by atoms with van der Waals surface area (Å²) in [6, 6.07) is -0.0550. The third-order valence-electron chi connectivity index (χ3n) is 2.83. The summed E-state index contributed by atoms with van der Waals surface area (Å²) in [4.78, 5) is 25.9. The maximum Gasteiger partial charge on any atom is 0.410 e. The number of carbonyl (C=O) groups is 2. The monoisotopic (exact) mass is 262 g/mol. The van der Waals surface area contributed by atoms with Gasteiger partial charge in [-0.3, -0.25) is 4.79 Å². The first-order valence-electron chi connectivity index (χ1n) is 5.94. The lowest BCUT2D eigenvalue weighted by Crippen LogP contribution is -2.54. The van der Waals surface area contributed by atoms with Crippen molar-refractivity contribution in [3.63, 3.8) is 0 Å². The molecule has 17 heavy (non-hydrogen) atoms. The van der Waals surface area contributed by atoms with E-state index >= 15 is 0 Å². The summed E-state index contributed by atoms with van der Waals surface area (Å²) in [5.74, 6) is 0. The highest BCUT2D eigenvalue weighted by atomic mass is 35.5. The summed E-state index contributed by atoms with van der Waals surface area (Å²) >= 11 is 5.40. The zero-order valence-electron chi connectivity index (χ0n) is 10.3. The van der Waals surface area contributed by atoms with Crippen molar-refractivity contribution in [2.24, 2.45) is 0 Å². The standard InChI is InChI=1S/C11H19ClN2O3/c1-3-4-7-17-11(16)14-6-5-13(10(12)15)8-9(14)2/h9H,3-8H2,1-2H3. The van der Waals surface area contributed by atoms with Crippen LogP contribution in [-0.2, 0) is 4.74 Å². The average molecular weight is 263 g/mol. The Kier molecular flexibility index (Phi) is 5.55. The summed E-state index contributed by atoms with van der Waals surface area (Å²) in [7, 11) is 0. The van der Waals surface area contributed by atoms with Gasteiger partial charge in [0.2, 0.25) is 0 Å². The number of halogens is 1. The number of unbranched alkanes of at least 4 members (excludes halogenated alkanes) is 1. The second kappa shape index (κ2) is 6.69. The molecule has 6 heteroatoms. The van der Waals surface area contributed by atoms with E-state index in [9.17, 15) is 9.59 Å². The van der Waals surface area contributed by atoms with Crippen LogP contribution in [0, 0.1) is 0 Å². The number of carbonyl (C=O) groups excluding carboxylic acids is 2. The Hall–Kier alpha value is -0.970. The van der Waals surface area contributed by atoms with E-state index in [4.69, 9.17) is 16.3 Å². The highest BCUT2D eigenvalue weighted by Gasteiger charge is 2.29. The molecule has 0 aromatic rings. The molecule has 0 N–H and O–H groups in total. The number of hydrogen-bond acceptors (Lipinski definition) is 3. The third kappa shape index (κ3) is 4.07. The van der Waals surface area contributed by atoms with Gasteiger partial charge in [0.15, 0.2) is 0 Å². The van der Waals surface area contributed by atoms with Gasteiger partial charge in [-0.15, -0.1) is 0 Å². The van der Waals surface area contributed by atoms with Crippen molar-refractivity contribution in [1.82, 2.24) is 9.80 Å². The summed E-state index contributed by atoms with van der Waals surface area (Å²) < 4.78 is 5.14. The Labute approximate surface area is 107 Å². The van der Waals surface area contributed by atoms with Gasteiger partial charge in [0, 0.05) is 25.7 Å². The number of rotatable bonds is 3. The molecule has 0 saturated carbocycles. The summed E-state index contributed by atoms with van der Waals surface area (Å²) in [5, 5.41) is -0.462. The van der Waals surface area contributed by atoms with Gasteiger partial charge in [0.25, 0.3) is 0 Å². The summed E-state index contributed by atoms with van der Waals surface area (Å²) in [6.45, 7) is 5.79. The Morgan fingerprint density at radius 3 is 2.65 bits per heavy atom. The van der Waals surface area contributed by atoms with Crippen LogP contribution in [-0.4, -0.2) is 53.5 Å². The van der Waals surface area contributed by atoms with Crippen LogP contribution in [0.5, 0.6) is 0 Å². The SMILES string of the molecule is CCCCOC(=O)N1CCN(C(=O)Cl)CC1C. The van der Waals surface area contributed by atoms with Gasteiger partial charge in [-0.05, 0) is 24.9 Å². The normalized spacial score (nSPS) is 20.3. The highest BCUT2D eigenvalue weighted by molar-refractivity contribution is 6.62.